The van der Waals surface area contributed by atoms with E-state index < -0.39 is 40.4 Å². The van der Waals surface area contributed by atoms with Gasteiger partial charge in [0, 0.05) is 0 Å². The Labute approximate surface area is 80.6 Å². The summed E-state index contributed by atoms with van der Waals surface area (Å²) in [5.74, 6) is -10.5. The van der Waals surface area contributed by atoms with Crippen LogP contribution < -0.4 is 0 Å². The van der Waals surface area contributed by atoms with E-state index in [9.17, 15) is 22.0 Å². The van der Waals surface area contributed by atoms with E-state index in [1.165, 1.54) is 0 Å². The number of nitrogens with zero attached hydrogens (tertiary/aromatic N) is 1. The fourth-order valence-electron chi connectivity index (χ4n) is 0.973. The highest BCUT2D eigenvalue weighted by Crippen LogP contribution is 2.23. The maximum absolute atomic E-state index is 12.9. The Kier molecular flexibility index (Phi) is 2.92. The summed E-state index contributed by atoms with van der Waals surface area (Å²) < 4.78 is 63.6. The Morgan fingerprint density at radius 3 is 1.53 bits per heavy atom. The van der Waals surface area contributed by atoms with Gasteiger partial charge in [0.25, 0.3) is 0 Å². The molecule has 0 radical (unpaired) electrons. The standard InChI is InChI=1S/C8H4F5NO/c1-2(14-15)3-4(9)6(11)8(13)7(12)5(3)10/h15H,1H3. The highest BCUT2D eigenvalue weighted by atomic mass is 19.2. The highest BCUT2D eigenvalue weighted by molar-refractivity contribution is 5.98. The molecule has 82 valence electrons. The van der Waals surface area contributed by atoms with Crippen LogP contribution >= 0.6 is 0 Å². The molecule has 1 aromatic carbocycles. The number of benzene rings is 1. The number of oxime groups is 1. The molecule has 0 bridgehead atoms. The Balaban J connectivity index is 3.67. The summed E-state index contributed by atoms with van der Waals surface area (Å²) in [5, 5.41) is 10.6. The van der Waals surface area contributed by atoms with E-state index >= 15 is 0 Å². The molecule has 0 fully saturated rings. The summed E-state index contributed by atoms with van der Waals surface area (Å²) in [7, 11) is 0. The average molecular weight is 225 g/mol. The molecule has 0 heterocycles. The van der Waals surface area contributed by atoms with Crippen molar-refractivity contribution >= 4 is 5.71 Å². The molecule has 0 atom stereocenters. The summed E-state index contributed by atoms with van der Waals surface area (Å²) in [6, 6.07) is 0. The highest BCUT2D eigenvalue weighted by Gasteiger charge is 2.27. The van der Waals surface area contributed by atoms with Crippen molar-refractivity contribution in [1.82, 2.24) is 0 Å². The van der Waals surface area contributed by atoms with Crippen LogP contribution in [0.25, 0.3) is 0 Å². The molecule has 0 aliphatic heterocycles. The lowest BCUT2D eigenvalue weighted by Gasteiger charge is -2.06. The van der Waals surface area contributed by atoms with Gasteiger partial charge in [0.15, 0.2) is 23.3 Å². The Morgan fingerprint density at radius 2 is 1.20 bits per heavy atom. The second kappa shape index (κ2) is 3.84. The molecule has 15 heavy (non-hydrogen) atoms. The lowest BCUT2D eigenvalue weighted by atomic mass is 10.1. The summed E-state index contributed by atoms with van der Waals surface area (Å²) >= 11 is 0. The molecule has 0 aromatic heterocycles. The Morgan fingerprint density at radius 1 is 0.867 bits per heavy atom. The van der Waals surface area contributed by atoms with Crippen LogP contribution in [0.4, 0.5) is 22.0 Å². The van der Waals surface area contributed by atoms with Gasteiger partial charge in [0.05, 0.1) is 11.3 Å². The first-order valence-corrected chi connectivity index (χ1v) is 3.62. The van der Waals surface area contributed by atoms with E-state index in [0.29, 0.717) is 0 Å². The van der Waals surface area contributed by atoms with Crippen LogP contribution in [0.2, 0.25) is 0 Å². The molecular formula is C8H4F5NO. The molecule has 2 nitrogen and oxygen atoms in total. The molecule has 0 saturated carbocycles. The molecule has 0 aliphatic carbocycles. The van der Waals surface area contributed by atoms with Crippen molar-refractivity contribution in [3.8, 4) is 0 Å². The molecular weight excluding hydrogens is 221 g/mol. The van der Waals surface area contributed by atoms with Gasteiger partial charge in [0.1, 0.15) is 0 Å². The molecule has 0 aliphatic rings. The third-order valence-electron chi connectivity index (χ3n) is 1.72. The molecule has 0 amide bonds. The fourth-order valence-corrected chi connectivity index (χ4v) is 0.973. The van der Waals surface area contributed by atoms with Crippen LogP contribution in [0.3, 0.4) is 0 Å². The molecule has 1 aromatic rings. The van der Waals surface area contributed by atoms with Gasteiger partial charge in [-0.25, -0.2) is 22.0 Å². The van der Waals surface area contributed by atoms with Gasteiger partial charge in [-0.3, -0.25) is 0 Å². The zero-order valence-corrected chi connectivity index (χ0v) is 7.28. The zero-order chi connectivity index (χ0) is 11.7. The van der Waals surface area contributed by atoms with Crippen LogP contribution in [0, 0.1) is 29.1 Å². The van der Waals surface area contributed by atoms with E-state index in [4.69, 9.17) is 5.21 Å². The minimum atomic E-state index is -2.25. The molecule has 1 N–H and O–H groups in total. The second-order valence-corrected chi connectivity index (χ2v) is 2.63. The van der Waals surface area contributed by atoms with Gasteiger partial charge in [-0.05, 0) is 6.92 Å². The van der Waals surface area contributed by atoms with Crippen molar-refractivity contribution in [3.05, 3.63) is 34.6 Å². The fraction of sp³-hybridized carbons (Fsp3) is 0.125. The summed E-state index contributed by atoms with van der Waals surface area (Å²) in [5.41, 5.74) is -1.95. The van der Waals surface area contributed by atoms with Crippen LogP contribution in [0.5, 0.6) is 0 Å². The van der Waals surface area contributed by atoms with Gasteiger partial charge in [-0.2, -0.15) is 0 Å². The van der Waals surface area contributed by atoms with Gasteiger partial charge < -0.3 is 5.21 Å². The van der Waals surface area contributed by atoms with E-state index in [-0.39, 0.29) is 0 Å². The van der Waals surface area contributed by atoms with Gasteiger partial charge in [-0.1, -0.05) is 5.16 Å². The third kappa shape index (κ3) is 1.64. The van der Waals surface area contributed by atoms with Gasteiger partial charge >= 0.3 is 0 Å². The normalized spacial score (nSPS) is 12.0. The van der Waals surface area contributed by atoms with Crippen LogP contribution in [-0.4, -0.2) is 10.9 Å². The maximum atomic E-state index is 12.9. The first kappa shape index (κ1) is 11.4. The predicted molar refractivity (Wildman–Crippen MR) is 40.2 cm³/mol. The zero-order valence-electron chi connectivity index (χ0n) is 7.28. The Bertz CT molecular complexity index is 414. The van der Waals surface area contributed by atoms with Crippen LogP contribution in [0.15, 0.2) is 5.16 Å². The second-order valence-electron chi connectivity index (χ2n) is 2.63. The largest absolute Gasteiger partial charge is 0.411 e. The van der Waals surface area contributed by atoms with Crippen molar-refractivity contribution in [2.75, 3.05) is 0 Å². The smallest absolute Gasteiger partial charge is 0.200 e. The van der Waals surface area contributed by atoms with E-state index in [2.05, 4.69) is 5.16 Å². The predicted octanol–water partition coefficient (Wildman–Crippen LogP) is 2.58. The van der Waals surface area contributed by atoms with Crippen molar-refractivity contribution in [2.45, 2.75) is 6.92 Å². The molecule has 1 rings (SSSR count). The van der Waals surface area contributed by atoms with Gasteiger partial charge in [-0.15, -0.1) is 0 Å². The lowest BCUT2D eigenvalue weighted by molar-refractivity contribution is 0.317. The average Bonchev–Trinajstić information content (AvgIpc) is 2.23. The quantitative estimate of drug-likeness (QED) is 0.195. The number of rotatable bonds is 1. The van der Waals surface area contributed by atoms with Crippen LogP contribution in [0.1, 0.15) is 12.5 Å². The number of hydrogen-bond acceptors (Lipinski definition) is 2. The van der Waals surface area contributed by atoms with Crippen LogP contribution in [-0.2, 0) is 0 Å². The van der Waals surface area contributed by atoms with Crippen molar-refractivity contribution in [3.63, 3.8) is 0 Å². The van der Waals surface area contributed by atoms with Crippen molar-refractivity contribution in [1.29, 1.82) is 0 Å². The van der Waals surface area contributed by atoms with Crippen molar-refractivity contribution < 1.29 is 27.2 Å². The molecule has 0 spiro atoms. The minimum absolute atomic E-state index is 0.706. The van der Waals surface area contributed by atoms with E-state index in [1.54, 1.807) is 0 Å². The topological polar surface area (TPSA) is 32.6 Å². The maximum Gasteiger partial charge on any atom is 0.200 e. The Hall–Kier alpha value is -1.66. The molecule has 0 saturated heterocycles. The van der Waals surface area contributed by atoms with E-state index in [0.717, 1.165) is 6.92 Å². The summed E-state index contributed by atoms with van der Waals surface area (Å²) in [6.07, 6.45) is 0. The summed E-state index contributed by atoms with van der Waals surface area (Å²) in [4.78, 5) is 0. The third-order valence-corrected chi connectivity index (χ3v) is 1.72. The van der Waals surface area contributed by atoms with Gasteiger partial charge in [0.2, 0.25) is 5.82 Å². The minimum Gasteiger partial charge on any atom is -0.411 e. The molecule has 7 heteroatoms. The first-order valence-electron chi connectivity index (χ1n) is 3.62. The lowest BCUT2D eigenvalue weighted by Crippen LogP contribution is -2.11. The SMILES string of the molecule is CC(=NO)c1c(F)c(F)c(F)c(F)c1F. The first-order chi connectivity index (χ1) is 6.91. The van der Waals surface area contributed by atoms with Crippen molar-refractivity contribution in [2.24, 2.45) is 5.16 Å². The monoisotopic (exact) mass is 225 g/mol. The number of hydrogen-bond donors (Lipinski definition) is 1. The summed E-state index contributed by atoms with van der Waals surface area (Å²) in [6.45, 7) is 0.901. The number of halogens is 5. The van der Waals surface area contributed by atoms with E-state index in [1.807, 2.05) is 0 Å². The molecule has 0 unspecified atom stereocenters.